The predicted octanol–water partition coefficient (Wildman–Crippen LogP) is 0.888. The molecule has 3 aromatic rings. The van der Waals surface area contributed by atoms with E-state index in [9.17, 15) is 4.79 Å². The highest BCUT2D eigenvalue weighted by Crippen LogP contribution is 2.11. The molecule has 3 rings (SSSR count). The lowest BCUT2D eigenvalue weighted by Gasteiger charge is -1.96. The summed E-state index contributed by atoms with van der Waals surface area (Å²) in [7, 11) is 1.83. The highest BCUT2D eigenvalue weighted by molar-refractivity contribution is 6.02. The lowest BCUT2D eigenvalue weighted by molar-refractivity contribution is 0.0993. The minimum Gasteiger partial charge on any atom is -0.294 e. The number of carbonyl (C=O) groups is 1. The summed E-state index contributed by atoms with van der Waals surface area (Å²) in [5.74, 6) is -0.00306. The van der Waals surface area contributed by atoms with E-state index in [4.69, 9.17) is 0 Å². The first-order valence-electron chi connectivity index (χ1n) is 5.53. The van der Waals surface area contributed by atoms with Crippen LogP contribution in [0.1, 0.15) is 16.1 Å². The third kappa shape index (κ3) is 1.77. The van der Waals surface area contributed by atoms with Crippen molar-refractivity contribution in [2.45, 2.75) is 6.42 Å². The second kappa shape index (κ2) is 4.06. The Bertz CT molecular complexity index is 712. The van der Waals surface area contributed by atoms with E-state index >= 15 is 0 Å². The number of rotatable bonds is 3. The van der Waals surface area contributed by atoms with Gasteiger partial charge in [0.15, 0.2) is 5.78 Å². The Morgan fingerprint density at radius 1 is 1.33 bits per heavy atom. The SMILES string of the molecule is Cn1ccc(CC(=O)c2cnn3ccncc23)n1. The average molecular weight is 241 g/mol. The standard InChI is InChI=1S/C12H11N5O/c1-16-4-2-9(15-16)6-12(18)10-7-14-17-5-3-13-8-11(10)17/h2-5,7-8H,6H2,1H3. The van der Waals surface area contributed by atoms with Crippen molar-refractivity contribution in [1.29, 1.82) is 0 Å². The number of Topliss-reactive ketones (excluding diaryl/α,β-unsaturated/α-hetero) is 1. The molecule has 6 heteroatoms. The predicted molar refractivity (Wildman–Crippen MR) is 64.2 cm³/mol. The fourth-order valence-electron chi connectivity index (χ4n) is 1.87. The molecule has 0 amide bonds. The number of carbonyl (C=O) groups excluding carboxylic acids is 1. The van der Waals surface area contributed by atoms with E-state index in [1.54, 1.807) is 34.0 Å². The lowest BCUT2D eigenvalue weighted by atomic mass is 10.1. The highest BCUT2D eigenvalue weighted by atomic mass is 16.1. The fourth-order valence-corrected chi connectivity index (χ4v) is 1.87. The molecule has 0 spiro atoms. The van der Waals surface area contributed by atoms with Gasteiger partial charge in [-0.25, -0.2) is 4.52 Å². The molecule has 3 aromatic heterocycles. The maximum Gasteiger partial charge on any atom is 0.172 e. The lowest BCUT2D eigenvalue weighted by Crippen LogP contribution is -2.04. The van der Waals surface area contributed by atoms with Crippen molar-refractivity contribution in [2.24, 2.45) is 7.05 Å². The van der Waals surface area contributed by atoms with Crippen molar-refractivity contribution >= 4 is 11.3 Å². The number of aromatic nitrogens is 5. The minimum atomic E-state index is -0.00306. The molecule has 0 aliphatic heterocycles. The Morgan fingerprint density at radius 3 is 3.00 bits per heavy atom. The molecule has 90 valence electrons. The zero-order chi connectivity index (χ0) is 12.5. The molecule has 0 aliphatic carbocycles. The van der Waals surface area contributed by atoms with E-state index in [0.717, 1.165) is 11.2 Å². The van der Waals surface area contributed by atoms with E-state index < -0.39 is 0 Å². The molecule has 0 saturated carbocycles. The number of hydrogen-bond donors (Lipinski definition) is 0. The summed E-state index contributed by atoms with van der Waals surface area (Å²) in [4.78, 5) is 16.2. The molecule has 0 fully saturated rings. The third-order valence-electron chi connectivity index (χ3n) is 2.74. The molecule has 0 radical (unpaired) electrons. The van der Waals surface area contributed by atoms with Crippen LogP contribution in [0.5, 0.6) is 0 Å². The van der Waals surface area contributed by atoms with Gasteiger partial charge in [0.05, 0.1) is 35.6 Å². The van der Waals surface area contributed by atoms with Crippen LogP contribution in [-0.4, -0.2) is 30.2 Å². The Morgan fingerprint density at radius 2 is 2.22 bits per heavy atom. The maximum absolute atomic E-state index is 12.2. The summed E-state index contributed by atoms with van der Waals surface area (Å²) in [6, 6.07) is 1.84. The number of aryl methyl sites for hydroxylation is 1. The molecule has 3 heterocycles. The van der Waals surface area contributed by atoms with Gasteiger partial charge in [0, 0.05) is 25.6 Å². The van der Waals surface area contributed by atoms with Crippen LogP contribution in [0.25, 0.3) is 5.52 Å². The van der Waals surface area contributed by atoms with Gasteiger partial charge in [-0.1, -0.05) is 0 Å². The molecule has 0 N–H and O–H groups in total. The van der Waals surface area contributed by atoms with Crippen LogP contribution in [0, 0.1) is 0 Å². The smallest absolute Gasteiger partial charge is 0.172 e. The molecular weight excluding hydrogens is 230 g/mol. The van der Waals surface area contributed by atoms with Gasteiger partial charge in [0.25, 0.3) is 0 Å². The summed E-state index contributed by atoms with van der Waals surface area (Å²) < 4.78 is 3.32. The molecule has 0 aromatic carbocycles. The monoisotopic (exact) mass is 241 g/mol. The first-order valence-corrected chi connectivity index (χ1v) is 5.53. The van der Waals surface area contributed by atoms with Gasteiger partial charge in [-0.2, -0.15) is 10.2 Å². The van der Waals surface area contributed by atoms with Crippen molar-refractivity contribution in [3.8, 4) is 0 Å². The van der Waals surface area contributed by atoms with Gasteiger partial charge in [-0.05, 0) is 6.07 Å². The van der Waals surface area contributed by atoms with E-state index in [0.29, 0.717) is 5.56 Å². The molecule has 18 heavy (non-hydrogen) atoms. The summed E-state index contributed by atoms with van der Waals surface area (Å²) >= 11 is 0. The summed E-state index contributed by atoms with van der Waals surface area (Å²) in [5.41, 5.74) is 2.05. The van der Waals surface area contributed by atoms with Gasteiger partial charge in [-0.3, -0.25) is 14.5 Å². The molecule has 0 bridgehead atoms. The van der Waals surface area contributed by atoms with E-state index in [2.05, 4.69) is 15.2 Å². The Labute approximate surface area is 103 Å². The van der Waals surface area contributed by atoms with E-state index in [1.807, 2.05) is 19.3 Å². The topological polar surface area (TPSA) is 65.1 Å². The van der Waals surface area contributed by atoms with Crippen LogP contribution in [0.15, 0.2) is 37.1 Å². The van der Waals surface area contributed by atoms with Gasteiger partial charge in [0.1, 0.15) is 0 Å². The summed E-state index contributed by atoms with van der Waals surface area (Å²) in [6.45, 7) is 0. The zero-order valence-electron chi connectivity index (χ0n) is 9.82. The van der Waals surface area contributed by atoms with Crippen molar-refractivity contribution in [3.63, 3.8) is 0 Å². The average Bonchev–Trinajstić information content (AvgIpc) is 2.95. The van der Waals surface area contributed by atoms with Gasteiger partial charge in [-0.15, -0.1) is 0 Å². The first-order chi connectivity index (χ1) is 8.74. The van der Waals surface area contributed by atoms with Crippen LogP contribution >= 0.6 is 0 Å². The van der Waals surface area contributed by atoms with Crippen LogP contribution in [0.3, 0.4) is 0 Å². The maximum atomic E-state index is 12.2. The number of nitrogens with zero attached hydrogens (tertiary/aromatic N) is 5. The molecule has 0 atom stereocenters. The van der Waals surface area contributed by atoms with E-state index in [-0.39, 0.29) is 12.2 Å². The molecule has 0 saturated heterocycles. The van der Waals surface area contributed by atoms with Crippen molar-refractivity contribution in [3.05, 3.63) is 48.3 Å². The zero-order valence-corrected chi connectivity index (χ0v) is 9.82. The van der Waals surface area contributed by atoms with Crippen LogP contribution in [0.2, 0.25) is 0 Å². The van der Waals surface area contributed by atoms with E-state index in [1.165, 1.54) is 0 Å². The number of ketones is 1. The molecule has 0 unspecified atom stereocenters. The van der Waals surface area contributed by atoms with Crippen molar-refractivity contribution in [1.82, 2.24) is 24.4 Å². The highest BCUT2D eigenvalue weighted by Gasteiger charge is 2.14. The van der Waals surface area contributed by atoms with Crippen molar-refractivity contribution < 1.29 is 4.79 Å². The fraction of sp³-hybridized carbons (Fsp3) is 0.167. The molecule has 6 nitrogen and oxygen atoms in total. The summed E-state index contributed by atoms with van der Waals surface area (Å²) in [5, 5.41) is 8.31. The van der Waals surface area contributed by atoms with Crippen LogP contribution in [0.4, 0.5) is 0 Å². The van der Waals surface area contributed by atoms with Gasteiger partial charge >= 0.3 is 0 Å². The summed E-state index contributed by atoms with van der Waals surface area (Å²) in [6.07, 6.45) is 8.65. The third-order valence-corrected chi connectivity index (χ3v) is 2.74. The van der Waals surface area contributed by atoms with Crippen molar-refractivity contribution in [2.75, 3.05) is 0 Å². The number of hydrogen-bond acceptors (Lipinski definition) is 4. The Hall–Kier alpha value is -2.50. The molecule has 0 aliphatic rings. The quantitative estimate of drug-likeness (QED) is 0.639. The molecular formula is C12H11N5O. The van der Waals surface area contributed by atoms with Gasteiger partial charge < -0.3 is 0 Å². The first kappa shape index (κ1) is 10.6. The normalized spacial score (nSPS) is 10.9. The second-order valence-electron chi connectivity index (χ2n) is 4.05. The number of fused-ring (bicyclic) bond motifs is 1. The Kier molecular flexibility index (Phi) is 2.40. The van der Waals surface area contributed by atoms with Gasteiger partial charge in [0.2, 0.25) is 0 Å². The van der Waals surface area contributed by atoms with Crippen LogP contribution < -0.4 is 0 Å². The second-order valence-corrected chi connectivity index (χ2v) is 4.05. The van der Waals surface area contributed by atoms with Crippen LogP contribution in [-0.2, 0) is 13.5 Å². The largest absolute Gasteiger partial charge is 0.294 e. The Balaban J connectivity index is 1.92. The minimum absolute atomic E-state index is 0.00306.